The first-order valence-electron chi connectivity index (χ1n) is 10.7. The van der Waals surface area contributed by atoms with Gasteiger partial charge in [-0.05, 0) is 27.0 Å². The SMILES string of the molecule is [2H]C([2H])([2H])O[C@@H](C)C(=O)N[C@@H](CCC(=O)C=[N+]=[N-])C(=O)OC([2H])(C([2H])([2H])[2H])C([2H])([2H])[2H]. The number of nitrogens with zero attached hydrogens (tertiary/aromatic N) is 2. The average molecular weight is 309 g/mol. The summed E-state index contributed by atoms with van der Waals surface area (Å²) >= 11 is 0. The first kappa shape index (κ1) is 7.82. The molecule has 1 N–H and O–H groups in total. The fraction of sp³-hybridized carbons (Fsp3) is 0.692. The number of esters is 1. The van der Waals surface area contributed by atoms with E-state index in [0.29, 0.717) is 6.21 Å². The van der Waals surface area contributed by atoms with Crippen LogP contribution in [-0.4, -0.2) is 53.9 Å². The van der Waals surface area contributed by atoms with Crippen LogP contribution in [0.15, 0.2) is 0 Å². The number of carbonyl (C=O) groups is 3. The van der Waals surface area contributed by atoms with E-state index in [-0.39, 0.29) is 0 Å². The van der Waals surface area contributed by atoms with E-state index >= 15 is 0 Å². The first-order chi connectivity index (χ1) is 13.7. The van der Waals surface area contributed by atoms with Gasteiger partial charge in [0.25, 0.3) is 0 Å². The lowest BCUT2D eigenvalue weighted by molar-refractivity contribution is -0.152. The normalized spacial score (nSPS) is 22.3. The zero-order chi connectivity index (χ0) is 24.8. The van der Waals surface area contributed by atoms with Crippen molar-refractivity contribution in [1.29, 1.82) is 0 Å². The molecule has 0 aromatic carbocycles. The predicted molar refractivity (Wildman–Crippen MR) is 73.6 cm³/mol. The number of hydrogen-bond donors (Lipinski definition) is 1. The Morgan fingerprint density at radius 2 is 2.19 bits per heavy atom. The molecule has 0 saturated carbocycles. The van der Waals surface area contributed by atoms with E-state index in [4.69, 9.17) is 19.2 Å². The molecular weight excluding hydrogens is 278 g/mol. The van der Waals surface area contributed by atoms with Crippen molar-refractivity contribution in [3.05, 3.63) is 5.53 Å². The molecule has 21 heavy (non-hydrogen) atoms. The van der Waals surface area contributed by atoms with Gasteiger partial charge in [0.05, 0.1) is 11.6 Å². The molecule has 0 heterocycles. The lowest BCUT2D eigenvalue weighted by Gasteiger charge is -2.20. The average Bonchev–Trinajstić information content (AvgIpc) is 2.54. The Labute approximate surface area is 137 Å². The van der Waals surface area contributed by atoms with Crippen molar-refractivity contribution in [2.75, 3.05) is 7.04 Å². The van der Waals surface area contributed by atoms with Crippen LogP contribution in [0, 0.1) is 0 Å². The van der Waals surface area contributed by atoms with E-state index in [1.54, 1.807) is 0 Å². The minimum absolute atomic E-state index is 0.476. The number of carbonyl (C=O) groups excluding carboxylic acids is 3. The van der Waals surface area contributed by atoms with Crippen LogP contribution in [0.25, 0.3) is 5.53 Å². The van der Waals surface area contributed by atoms with Crippen LogP contribution in [0.3, 0.4) is 0 Å². The highest BCUT2D eigenvalue weighted by molar-refractivity contribution is 6.25. The highest BCUT2D eigenvalue weighted by Gasteiger charge is 2.26. The summed E-state index contributed by atoms with van der Waals surface area (Å²) in [5.74, 6) is -3.68. The number of amides is 1. The molecule has 118 valence electrons. The molecule has 1 amide bonds. The molecule has 0 aromatic rings. The maximum Gasteiger partial charge on any atom is 0.328 e. The maximum absolute atomic E-state index is 12.5. The van der Waals surface area contributed by atoms with Crippen molar-refractivity contribution in [2.45, 2.75) is 51.7 Å². The molecule has 0 spiro atoms. The number of methoxy groups -OCH3 is 1. The lowest BCUT2D eigenvalue weighted by atomic mass is 10.1. The van der Waals surface area contributed by atoms with Crippen molar-refractivity contribution in [2.24, 2.45) is 0 Å². The summed E-state index contributed by atoms with van der Waals surface area (Å²) in [4.78, 5) is 38.6. The molecule has 0 saturated heterocycles. The number of ketones is 1. The Morgan fingerprint density at radius 3 is 2.76 bits per heavy atom. The second-order valence-corrected chi connectivity index (χ2v) is 3.82. The number of Topliss-reactive ketones (excluding diaryl/α,β-unsaturated/α-hetero) is 1. The van der Waals surface area contributed by atoms with Gasteiger partial charge < -0.3 is 20.3 Å². The van der Waals surface area contributed by atoms with Gasteiger partial charge in [0.15, 0.2) is 0 Å². The molecule has 0 aromatic heterocycles. The summed E-state index contributed by atoms with van der Waals surface area (Å²) in [5.41, 5.74) is 8.34. The van der Waals surface area contributed by atoms with E-state index in [9.17, 15) is 14.4 Å². The highest BCUT2D eigenvalue weighted by Crippen LogP contribution is 2.04. The van der Waals surface area contributed by atoms with Crippen LogP contribution in [0.5, 0.6) is 0 Å². The Bertz CT molecular complexity index is 713. The second-order valence-electron chi connectivity index (χ2n) is 3.82. The van der Waals surface area contributed by atoms with Crippen molar-refractivity contribution >= 4 is 23.9 Å². The third kappa shape index (κ3) is 7.96. The molecule has 0 aliphatic heterocycles. The molecule has 0 aliphatic carbocycles. The van der Waals surface area contributed by atoms with Gasteiger partial charge in [-0.25, -0.2) is 4.79 Å². The summed E-state index contributed by atoms with van der Waals surface area (Å²) in [6.07, 6.45) is -6.00. The number of hydrogen-bond acceptors (Lipinski definition) is 5. The second kappa shape index (κ2) is 9.79. The highest BCUT2D eigenvalue weighted by atomic mass is 16.5. The zero-order valence-corrected chi connectivity index (χ0v) is 11.1. The Hall–Kier alpha value is -2.05. The largest absolute Gasteiger partial charge is 0.461 e. The molecule has 8 nitrogen and oxygen atoms in total. The van der Waals surface area contributed by atoms with Gasteiger partial charge in [0.1, 0.15) is 12.1 Å². The topological polar surface area (TPSA) is 118 Å². The van der Waals surface area contributed by atoms with Gasteiger partial charge >= 0.3 is 12.2 Å². The molecule has 0 aliphatic rings. The monoisotopic (exact) mass is 309 g/mol. The van der Waals surface area contributed by atoms with Gasteiger partial charge in [-0.3, -0.25) is 9.59 Å². The lowest BCUT2D eigenvalue weighted by Crippen LogP contribution is -2.46. The third-order valence-corrected chi connectivity index (χ3v) is 2.23. The van der Waals surface area contributed by atoms with Crippen LogP contribution in [-0.2, 0) is 23.9 Å². The molecule has 2 atom stereocenters. The van der Waals surface area contributed by atoms with Gasteiger partial charge in [0.2, 0.25) is 11.7 Å². The Kier molecular flexibility index (Phi) is 3.64. The van der Waals surface area contributed by atoms with Crippen LogP contribution in [0.4, 0.5) is 0 Å². The first-order valence-corrected chi connectivity index (χ1v) is 5.66. The summed E-state index contributed by atoms with van der Waals surface area (Å²) in [6, 6.07) is -1.86. The fourth-order valence-corrected chi connectivity index (χ4v) is 1.18. The van der Waals surface area contributed by atoms with Crippen LogP contribution in [0.1, 0.15) is 47.2 Å². The summed E-state index contributed by atoms with van der Waals surface area (Å²) in [6.45, 7) is -6.20. The molecule has 0 rings (SSSR count). The molecule has 8 heteroatoms. The molecule has 0 bridgehead atoms. The summed E-state index contributed by atoms with van der Waals surface area (Å²) in [7, 11) is -2.97. The zero-order valence-electron chi connectivity index (χ0n) is 21.1. The van der Waals surface area contributed by atoms with Gasteiger partial charge in [-0.1, -0.05) is 0 Å². The van der Waals surface area contributed by atoms with Crippen LogP contribution >= 0.6 is 0 Å². The minimum Gasteiger partial charge on any atom is -0.461 e. The predicted octanol–water partition coefficient (Wildman–Crippen LogP) is 0.108. The van der Waals surface area contributed by atoms with E-state index in [1.807, 2.05) is 5.32 Å². The fourth-order valence-electron chi connectivity index (χ4n) is 1.18. The molecule has 0 unspecified atom stereocenters. The van der Waals surface area contributed by atoms with E-state index in [1.165, 1.54) is 0 Å². The van der Waals surface area contributed by atoms with E-state index < -0.39 is 69.5 Å². The third-order valence-electron chi connectivity index (χ3n) is 2.23. The number of ether oxygens (including phenoxy) is 2. The summed E-state index contributed by atoms with van der Waals surface area (Å²) in [5, 5.41) is 1.96. The van der Waals surface area contributed by atoms with Gasteiger partial charge in [-0.15, -0.1) is 0 Å². The minimum atomic E-state index is -3.70. The summed E-state index contributed by atoms with van der Waals surface area (Å²) < 4.78 is 81.0. The molecular formula is C13H21N3O5. The van der Waals surface area contributed by atoms with Gasteiger partial charge in [-0.2, -0.15) is 4.79 Å². The van der Waals surface area contributed by atoms with Crippen LogP contribution in [0.2, 0.25) is 0 Å². The van der Waals surface area contributed by atoms with Crippen molar-refractivity contribution in [3.8, 4) is 0 Å². The standard InChI is InChI=1S/C13H21N3O5/c1-8(2)21-13(19)11(6-5-10(17)7-15-14)16-12(18)9(3)20-4/h7-9,11H,5-6H2,1-4H3,(H,16,18)/t9-,11-/m0/s1/i1D3,2D3,4D3,8D. The Balaban J connectivity index is 5.76. The van der Waals surface area contributed by atoms with Crippen molar-refractivity contribution in [3.63, 3.8) is 0 Å². The van der Waals surface area contributed by atoms with Crippen LogP contribution < -0.4 is 5.32 Å². The maximum atomic E-state index is 12.5. The molecule has 0 radical (unpaired) electrons. The van der Waals surface area contributed by atoms with Crippen molar-refractivity contribution < 1.29 is 42.4 Å². The smallest absolute Gasteiger partial charge is 0.328 e. The number of nitrogens with one attached hydrogen (secondary N) is 1. The quantitative estimate of drug-likeness (QED) is 0.280. The van der Waals surface area contributed by atoms with E-state index in [2.05, 4.69) is 14.3 Å². The molecule has 0 fully saturated rings. The van der Waals surface area contributed by atoms with Crippen molar-refractivity contribution in [1.82, 2.24) is 5.32 Å². The van der Waals surface area contributed by atoms with E-state index in [0.717, 1.165) is 6.92 Å². The number of rotatable bonds is 9. The van der Waals surface area contributed by atoms with Gasteiger partial charge in [0, 0.05) is 21.7 Å². The Morgan fingerprint density at radius 1 is 1.48 bits per heavy atom.